The van der Waals surface area contributed by atoms with Gasteiger partial charge >= 0.3 is 0 Å². The minimum absolute atomic E-state index is 0.242. The molecule has 0 saturated carbocycles. The number of hydrogen-bond donors (Lipinski definition) is 2. The molecule has 30 heavy (non-hydrogen) atoms. The minimum atomic E-state index is -0.404. The van der Waals surface area contributed by atoms with Crippen LogP contribution in [0.4, 0.5) is 0 Å². The first-order valence-electron chi connectivity index (χ1n) is 9.31. The van der Waals surface area contributed by atoms with Crippen molar-refractivity contribution in [2.45, 2.75) is 13.8 Å². The molecule has 3 aromatic rings. The van der Waals surface area contributed by atoms with Gasteiger partial charge in [0, 0.05) is 22.8 Å². The fraction of sp³-hybridized carbons (Fsp3) is 0.227. The van der Waals surface area contributed by atoms with Crippen LogP contribution >= 0.6 is 0 Å². The number of ether oxygens (including phenoxy) is 2. The van der Waals surface area contributed by atoms with Crippen molar-refractivity contribution in [1.29, 1.82) is 0 Å². The lowest BCUT2D eigenvalue weighted by Crippen LogP contribution is -2.23. The van der Waals surface area contributed by atoms with E-state index in [1.54, 1.807) is 56.3 Å². The number of methoxy groups -OCH3 is 2. The van der Waals surface area contributed by atoms with Crippen molar-refractivity contribution in [3.63, 3.8) is 0 Å². The van der Waals surface area contributed by atoms with Crippen molar-refractivity contribution in [3.05, 3.63) is 58.4 Å². The number of hydrazone groups is 1. The fourth-order valence-electron chi connectivity index (χ4n) is 2.98. The summed E-state index contributed by atoms with van der Waals surface area (Å²) in [5.41, 5.74) is 2.71. The molecule has 0 atom stereocenters. The van der Waals surface area contributed by atoms with Gasteiger partial charge in [-0.15, -0.1) is 0 Å². The number of rotatable bonds is 6. The Hall–Kier alpha value is -3.81. The van der Waals surface area contributed by atoms with Crippen molar-refractivity contribution in [2.24, 2.45) is 11.0 Å². The number of pyridine rings is 1. The quantitative estimate of drug-likeness (QED) is 0.481. The maximum Gasteiger partial charge on any atom is 0.265 e. The van der Waals surface area contributed by atoms with E-state index in [0.717, 1.165) is 4.57 Å². The van der Waals surface area contributed by atoms with Gasteiger partial charge in [-0.25, -0.2) is 9.99 Å². The Morgan fingerprint density at radius 1 is 1.10 bits per heavy atom. The van der Waals surface area contributed by atoms with Gasteiger partial charge in [0.1, 0.15) is 0 Å². The molecule has 3 rings (SSSR count). The SMILES string of the molecule is COc1ccc(-n2c(O)c(/C=N\NC(=O)C(C)C)c3ccccc3c2=O)cc1OC. The molecule has 1 heterocycles. The summed E-state index contributed by atoms with van der Waals surface area (Å²) < 4.78 is 11.7. The molecular formula is C22H23N3O5. The molecule has 0 unspecified atom stereocenters. The molecule has 0 bridgehead atoms. The van der Waals surface area contributed by atoms with Crippen LogP contribution in [0, 0.1) is 5.92 Å². The number of aromatic nitrogens is 1. The number of amides is 1. The van der Waals surface area contributed by atoms with Crippen LogP contribution in [-0.2, 0) is 4.79 Å². The number of benzene rings is 2. The molecule has 0 aliphatic rings. The van der Waals surface area contributed by atoms with Gasteiger partial charge in [0.05, 0.1) is 31.7 Å². The standard InChI is InChI=1S/C22H23N3O5/c1-13(2)20(26)24-23-12-17-15-7-5-6-8-16(15)21(27)25(22(17)28)14-9-10-18(29-3)19(11-14)30-4/h5-13,28H,1-4H3,(H,24,26)/b23-12-. The normalized spacial score (nSPS) is 11.2. The molecule has 0 saturated heterocycles. The van der Waals surface area contributed by atoms with E-state index in [-0.39, 0.29) is 17.7 Å². The molecule has 1 amide bonds. The molecule has 1 aromatic heterocycles. The van der Waals surface area contributed by atoms with Crippen LogP contribution in [0.2, 0.25) is 0 Å². The zero-order chi connectivity index (χ0) is 21.8. The maximum atomic E-state index is 13.1. The topological polar surface area (TPSA) is 102 Å². The Kier molecular flexibility index (Phi) is 6.06. The molecule has 0 aliphatic heterocycles. The summed E-state index contributed by atoms with van der Waals surface area (Å²) in [6.07, 6.45) is 1.33. The van der Waals surface area contributed by atoms with E-state index in [9.17, 15) is 14.7 Å². The molecule has 0 fully saturated rings. The molecule has 8 heteroatoms. The van der Waals surface area contributed by atoms with Crippen LogP contribution in [-0.4, -0.2) is 36.0 Å². The predicted octanol–water partition coefficient (Wildman–Crippen LogP) is 2.82. The number of hydrogen-bond acceptors (Lipinski definition) is 6. The van der Waals surface area contributed by atoms with Gasteiger partial charge in [-0.2, -0.15) is 5.10 Å². The van der Waals surface area contributed by atoms with E-state index in [2.05, 4.69) is 10.5 Å². The van der Waals surface area contributed by atoms with E-state index >= 15 is 0 Å². The Morgan fingerprint density at radius 2 is 1.77 bits per heavy atom. The monoisotopic (exact) mass is 409 g/mol. The first-order valence-corrected chi connectivity index (χ1v) is 9.31. The van der Waals surface area contributed by atoms with E-state index in [0.29, 0.717) is 33.5 Å². The first kappa shape index (κ1) is 20.9. The maximum absolute atomic E-state index is 13.1. The van der Waals surface area contributed by atoms with Gasteiger partial charge in [0.25, 0.3) is 5.56 Å². The van der Waals surface area contributed by atoms with Gasteiger partial charge in [-0.1, -0.05) is 32.0 Å². The number of nitrogens with one attached hydrogen (secondary N) is 1. The summed E-state index contributed by atoms with van der Waals surface area (Å²) in [6.45, 7) is 3.49. The first-order chi connectivity index (χ1) is 14.4. The average Bonchev–Trinajstić information content (AvgIpc) is 2.75. The highest BCUT2D eigenvalue weighted by Gasteiger charge is 2.18. The van der Waals surface area contributed by atoms with Crippen molar-refractivity contribution >= 4 is 22.9 Å². The van der Waals surface area contributed by atoms with Gasteiger partial charge in [0.2, 0.25) is 11.8 Å². The Balaban J connectivity index is 2.22. The summed E-state index contributed by atoms with van der Waals surface area (Å²) in [4.78, 5) is 24.9. The minimum Gasteiger partial charge on any atom is -0.494 e. The summed E-state index contributed by atoms with van der Waals surface area (Å²) in [6, 6.07) is 11.7. The number of carbonyl (C=O) groups is 1. The second-order valence-electron chi connectivity index (χ2n) is 6.85. The third kappa shape index (κ3) is 3.84. The summed E-state index contributed by atoms with van der Waals surface area (Å²) in [5.74, 6) is 0.0894. The summed E-state index contributed by atoms with van der Waals surface area (Å²) >= 11 is 0. The predicted molar refractivity (Wildman–Crippen MR) is 115 cm³/mol. The van der Waals surface area contributed by atoms with Crippen LogP contribution in [0.15, 0.2) is 52.4 Å². The number of fused-ring (bicyclic) bond motifs is 1. The lowest BCUT2D eigenvalue weighted by atomic mass is 10.1. The molecule has 0 spiro atoms. The summed E-state index contributed by atoms with van der Waals surface area (Å²) in [5, 5.41) is 15.8. The molecule has 2 aromatic carbocycles. The Morgan fingerprint density at radius 3 is 2.40 bits per heavy atom. The van der Waals surface area contributed by atoms with Gasteiger partial charge in [-0.3, -0.25) is 9.59 Å². The zero-order valence-electron chi connectivity index (χ0n) is 17.2. The van der Waals surface area contributed by atoms with Crippen LogP contribution in [0.25, 0.3) is 16.5 Å². The molecule has 156 valence electrons. The Labute approximate surface area is 173 Å². The highest BCUT2D eigenvalue weighted by molar-refractivity contribution is 6.02. The third-order valence-electron chi connectivity index (χ3n) is 4.62. The van der Waals surface area contributed by atoms with Crippen molar-refractivity contribution < 1.29 is 19.4 Å². The number of aromatic hydroxyl groups is 1. The van der Waals surface area contributed by atoms with E-state index in [4.69, 9.17) is 9.47 Å². The highest BCUT2D eigenvalue weighted by Crippen LogP contribution is 2.32. The Bertz CT molecular complexity index is 1180. The van der Waals surface area contributed by atoms with Crippen LogP contribution in [0.5, 0.6) is 17.4 Å². The molecular weight excluding hydrogens is 386 g/mol. The summed E-state index contributed by atoms with van der Waals surface area (Å²) in [7, 11) is 3.00. The number of nitrogens with zero attached hydrogens (tertiary/aromatic N) is 2. The number of carbonyl (C=O) groups excluding carboxylic acids is 1. The smallest absolute Gasteiger partial charge is 0.265 e. The second-order valence-corrected chi connectivity index (χ2v) is 6.85. The lowest BCUT2D eigenvalue weighted by molar-refractivity contribution is -0.123. The zero-order valence-corrected chi connectivity index (χ0v) is 17.2. The van der Waals surface area contributed by atoms with E-state index in [1.807, 2.05) is 0 Å². The molecule has 0 aliphatic carbocycles. The van der Waals surface area contributed by atoms with Crippen molar-refractivity contribution in [2.75, 3.05) is 14.2 Å². The second kappa shape index (κ2) is 8.69. The van der Waals surface area contributed by atoms with Crippen LogP contribution < -0.4 is 20.5 Å². The van der Waals surface area contributed by atoms with Gasteiger partial charge in [-0.05, 0) is 18.2 Å². The fourth-order valence-corrected chi connectivity index (χ4v) is 2.98. The van der Waals surface area contributed by atoms with Crippen LogP contribution in [0.1, 0.15) is 19.4 Å². The van der Waals surface area contributed by atoms with Gasteiger partial charge < -0.3 is 14.6 Å². The van der Waals surface area contributed by atoms with Gasteiger partial charge in [0.15, 0.2) is 11.5 Å². The molecule has 8 nitrogen and oxygen atoms in total. The average molecular weight is 409 g/mol. The van der Waals surface area contributed by atoms with Crippen molar-refractivity contribution in [3.8, 4) is 23.1 Å². The lowest BCUT2D eigenvalue weighted by Gasteiger charge is -2.15. The largest absolute Gasteiger partial charge is 0.494 e. The van der Waals surface area contributed by atoms with E-state index in [1.165, 1.54) is 20.4 Å². The highest BCUT2D eigenvalue weighted by atomic mass is 16.5. The third-order valence-corrected chi connectivity index (χ3v) is 4.62. The van der Waals surface area contributed by atoms with E-state index < -0.39 is 5.56 Å². The van der Waals surface area contributed by atoms with Crippen LogP contribution in [0.3, 0.4) is 0 Å². The van der Waals surface area contributed by atoms with Crippen molar-refractivity contribution in [1.82, 2.24) is 9.99 Å². The molecule has 2 N–H and O–H groups in total. The molecule has 0 radical (unpaired) electrons.